The predicted molar refractivity (Wildman–Crippen MR) is 107 cm³/mol. The Kier molecular flexibility index (Phi) is 4.96. The Morgan fingerprint density at radius 1 is 1.22 bits per heavy atom. The molecule has 5 heteroatoms. The predicted octanol–water partition coefficient (Wildman–Crippen LogP) is 3.32. The number of carbonyl (C=O) groups is 1. The number of aromatic nitrogens is 2. The summed E-state index contributed by atoms with van der Waals surface area (Å²) in [5, 5.41) is 0. The first kappa shape index (κ1) is 18.1. The van der Waals surface area contributed by atoms with Gasteiger partial charge in [-0.15, -0.1) is 0 Å². The molecule has 3 heterocycles. The number of rotatable bonds is 3. The van der Waals surface area contributed by atoms with E-state index in [0.717, 1.165) is 54.1 Å². The second-order valence-corrected chi connectivity index (χ2v) is 7.82. The molecule has 1 amide bonds. The molecule has 0 unspecified atom stereocenters. The Balaban J connectivity index is 1.61. The average molecular weight is 364 g/mol. The van der Waals surface area contributed by atoms with Gasteiger partial charge >= 0.3 is 0 Å². The SMILES string of the molecule is CCc1cnc(C)nc1-c1cccc(C(=O)N2CC[C@@H]3CC[C@H](C2)N3C)c1. The third-order valence-electron chi connectivity index (χ3n) is 6.18. The number of nitrogens with zero attached hydrogens (tertiary/aromatic N) is 4. The smallest absolute Gasteiger partial charge is 0.253 e. The summed E-state index contributed by atoms with van der Waals surface area (Å²) in [6, 6.07) is 9.07. The normalized spacial score (nSPS) is 22.7. The van der Waals surface area contributed by atoms with E-state index in [4.69, 9.17) is 0 Å². The lowest BCUT2D eigenvalue weighted by molar-refractivity contribution is 0.0740. The van der Waals surface area contributed by atoms with Crippen LogP contribution in [0.3, 0.4) is 0 Å². The second kappa shape index (κ2) is 7.39. The van der Waals surface area contributed by atoms with Crippen LogP contribution in [0.15, 0.2) is 30.5 Å². The molecule has 0 aliphatic carbocycles. The Bertz CT molecular complexity index is 850. The van der Waals surface area contributed by atoms with Crippen LogP contribution < -0.4 is 0 Å². The fourth-order valence-electron chi connectivity index (χ4n) is 4.48. The van der Waals surface area contributed by atoms with Gasteiger partial charge in [0.25, 0.3) is 5.91 Å². The van der Waals surface area contributed by atoms with E-state index in [2.05, 4.69) is 28.8 Å². The number of fused-ring (bicyclic) bond motifs is 2. The quantitative estimate of drug-likeness (QED) is 0.838. The zero-order chi connectivity index (χ0) is 19.0. The average Bonchev–Trinajstić information content (AvgIpc) is 2.93. The lowest BCUT2D eigenvalue weighted by atomic mass is 10.0. The maximum Gasteiger partial charge on any atom is 0.253 e. The van der Waals surface area contributed by atoms with Gasteiger partial charge in [-0.05, 0) is 57.4 Å². The van der Waals surface area contributed by atoms with Crippen molar-refractivity contribution in [3.8, 4) is 11.3 Å². The Hall–Kier alpha value is -2.27. The highest BCUT2D eigenvalue weighted by Gasteiger charge is 2.36. The highest BCUT2D eigenvalue weighted by Crippen LogP contribution is 2.29. The molecule has 5 nitrogen and oxygen atoms in total. The third kappa shape index (κ3) is 3.48. The maximum atomic E-state index is 13.2. The monoisotopic (exact) mass is 364 g/mol. The van der Waals surface area contributed by atoms with Crippen molar-refractivity contribution in [3.63, 3.8) is 0 Å². The summed E-state index contributed by atoms with van der Waals surface area (Å²) < 4.78 is 0. The van der Waals surface area contributed by atoms with E-state index in [1.165, 1.54) is 12.8 Å². The van der Waals surface area contributed by atoms with Crippen LogP contribution in [0.1, 0.15) is 47.9 Å². The molecule has 0 spiro atoms. The van der Waals surface area contributed by atoms with Crippen LogP contribution in [-0.4, -0.2) is 57.9 Å². The van der Waals surface area contributed by atoms with Crippen molar-refractivity contribution < 1.29 is 4.79 Å². The summed E-state index contributed by atoms with van der Waals surface area (Å²) in [7, 11) is 2.21. The zero-order valence-electron chi connectivity index (χ0n) is 16.5. The van der Waals surface area contributed by atoms with E-state index in [-0.39, 0.29) is 5.91 Å². The summed E-state index contributed by atoms with van der Waals surface area (Å²) >= 11 is 0. The lowest BCUT2D eigenvalue weighted by Gasteiger charge is -2.26. The van der Waals surface area contributed by atoms with Crippen LogP contribution in [0.5, 0.6) is 0 Å². The van der Waals surface area contributed by atoms with Crippen LogP contribution in [0.2, 0.25) is 0 Å². The number of amides is 1. The largest absolute Gasteiger partial charge is 0.337 e. The summed E-state index contributed by atoms with van der Waals surface area (Å²) in [5.41, 5.74) is 3.80. The molecule has 2 fully saturated rings. The highest BCUT2D eigenvalue weighted by atomic mass is 16.2. The van der Waals surface area contributed by atoms with Crippen LogP contribution in [0.25, 0.3) is 11.3 Å². The molecule has 2 atom stereocenters. The summed E-state index contributed by atoms with van der Waals surface area (Å²) in [6.07, 6.45) is 6.31. The molecule has 2 aromatic rings. The second-order valence-electron chi connectivity index (χ2n) is 7.82. The van der Waals surface area contributed by atoms with Gasteiger partial charge in [-0.1, -0.05) is 19.1 Å². The number of carbonyl (C=O) groups excluding carboxylic acids is 1. The molecule has 2 saturated heterocycles. The molecule has 2 aliphatic heterocycles. The number of benzene rings is 1. The minimum atomic E-state index is 0.140. The van der Waals surface area contributed by atoms with Gasteiger partial charge in [0.1, 0.15) is 5.82 Å². The molecule has 1 aromatic heterocycles. The van der Waals surface area contributed by atoms with Crippen molar-refractivity contribution in [2.75, 3.05) is 20.1 Å². The molecular formula is C22H28N4O. The number of hydrogen-bond acceptors (Lipinski definition) is 4. The fourth-order valence-corrected chi connectivity index (χ4v) is 4.48. The van der Waals surface area contributed by atoms with Crippen molar-refractivity contribution in [1.29, 1.82) is 0 Å². The van der Waals surface area contributed by atoms with Crippen molar-refractivity contribution in [2.45, 2.75) is 51.6 Å². The number of likely N-dealkylation sites (tertiary alicyclic amines) is 1. The minimum Gasteiger partial charge on any atom is -0.337 e. The first-order chi connectivity index (χ1) is 13.1. The number of likely N-dealkylation sites (N-methyl/N-ethyl adjacent to an activating group) is 1. The molecule has 2 bridgehead atoms. The van der Waals surface area contributed by atoms with E-state index in [9.17, 15) is 4.79 Å². The van der Waals surface area contributed by atoms with Gasteiger partial charge in [-0.25, -0.2) is 9.97 Å². The summed E-state index contributed by atoms with van der Waals surface area (Å²) in [6.45, 7) is 5.69. The Morgan fingerprint density at radius 2 is 2.04 bits per heavy atom. The van der Waals surface area contributed by atoms with Crippen molar-refractivity contribution >= 4 is 5.91 Å². The standard InChI is InChI=1S/C22H28N4O/c1-4-16-13-23-15(2)24-21(16)17-6-5-7-18(12-17)22(27)26-11-10-19-8-9-20(14-26)25(19)3/h5-7,12-13,19-20H,4,8-11,14H2,1-3H3/t19-,20+/m0/s1. The molecule has 2 aliphatic rings. The van der Waals surface area contributed by atoms with Gasteiger partial charge in [0.2, 0.25) is 0 Å². The molecule has 1 aromatic carbocycles. The lowest BCUT2D eigenvalue weighted by Crippen LogP contribution is -2.39. The maximum absolute atomic E-state index is 13.2. The first-order valence-corrected chi connectivity index (χ1v) is 10.0. The van der Waals surface area contributed by atoms with E-state index in [1.54, 1.807) is 0 Å². The molecular weight excluding hydrogens is 336 g/mol. The number of aryl methyl sites for hydroxylation is 2. The van der Waals surface area contributed by atoms with Crippen molar-refractivity contribution in [1.82, 2.24) is 19.8 Å². The first-order valence-electron chi connectivity index (χ1n) is 10.0. The van der Waals surface area contributed by atoms with Gasteiger partial charge in [0.05, 0.1) is 5.69 Å². The van der Waals surface area contributed by atoms with Crippen LogP contribution in [-0.2, 0) is 6.42 Å². The molecule has 4 rings (SSSR count). The number of hydrogen-bond donors (Lipinski definition) is 0. The van der Waals surface area contributed by atoms with E-state index < -0.39 is 0 Å². The van der Waals surface area contributed by atoms with E-state index >= 15 is 0 Å². The molecule has 27 heavy (non-hydrogen) atoms. The van der Waals surface area contributed by atoms with Gasteiger partial charge in [0, 0.05) is 42.5 Å². The Labute approximate surface area is 161 Å². The van der Waals surface area contributed by atoms with Crippen LogP contribution in [0.4, 0.5) is 0 Å². The van der Waals surface area contributed by atoms with Gasteiger partial charge < -0.3 is 4.90 Å². The van der Waals surface area contributed by atoms with Gasteiger partial charge in [-0.2, -0.15) is 0 Å². The zero-order valence-corrected chi connectivity index (χ0v) is 16.5. The summed E-state index contributed by atoms with van der Waals surface area (Å²) in [4.78, 5) is 26.7. The van der Waals surface area contributed by atoms with E-state index in [0.29, 0.717) is 12.1 Å². The molecule has 0 N–H and O–H groups in total. The molecule has 0 saturated carbocycles. The summed E-state index contributed by atoms with van der Waals surface area (Å²) in [5.74, 6) is 0.895. The fraction of sp³-hybridized carbons (Fsp3) is 0.500. The Morgan fingerprint density at radius 3 is 2.85 bits per heavy atom. The van der Waals surface area contributed by atoms with Crippen molar-refractivity contribution in [2.24, 2.45) is 0 Å². The third-order valence-corrected chi connectivity index (χ3v) is 6.18. The van der Waals surface area contributed by atoms with Crippen LogP contribution in [0, 0.1) is 6.92 Å². The van der Waals surface area contributed by atoms with Crippen molar-refractivity contribution in [3.05, 3.63) is 47.4 Å². The minimum absolute atomic E-state index is 0.140. The van der Waals surface area contributed by atoms with Gasteiger partial charge in [0.15, 0.2) is 0 Å². The highest BCUT2D eigenvalue weighted by molar-refractivity contribution is 5.95. The van der Waals surface area contributed by atoms with Gasteiger partial charge in [-0.3, -0.25) is 9.69 Å². The van der Waals surface area contributed by atoms with E-state index in [1.807, 2.05) is 42.3 Å². The topological polar surface area (TPSA) is 49.3 Å². The molecule has 142 valence electrons. The molecule has 0 radical (unpaired) electrons. The van der Waals surface area contributed by atoms with Crippen LogP contribution >= 0.6 is 0 Å².